The van der Waals surface area contributed by atoms with Crippen LogP contribution in [0.25, 0.3) is 0 Å². The molecule has 0 aromatic heterocycles. The zero-order valence-corrected chi connectivity index (χ0v) is 5.28. The summed E-state index contributed by atoms with van der Waals surface area (Å²) in [5.74, 6) is 2.03. The molecule has 0 N–H and O–H groups in total. The van der Waals surface area contributed by atoms with Gasteiger partial charge in [0.15, 0.2) is 0 Å². The van der Waals surface area contributed by atoms with Crippen molar-refractivity contribution < 1.29 is 0 Å². The van der Waals surface area contributed by atoms with Gasteiger partial charge in [0.05, 0.1) is 0 Å². The molecule has 0 spiro atoms. The third-order valence-electron chi connectivity index (χ3n) is 2.29. The second-order valence-electron chi connectivity index (χ2n) is 2.89. The lowest BCUT2D eigenvalue weighted by molar-refractivity contribution is 0.457. The Labute approximate surface area is 45.9 Å². The number of rotatable bonds is 0. The van der Waals surface area contributed by atoms with E-state index < -0.39 is 0 Å². The first-order valence-corrected chi connectivity index (χ1v) is 3.30. The fourth-order valence-corrected chi connectivity index (χ4v) is 1.33. The first-order valence-electron chi connectivity index (χ1n) is 3.30. The van der Waals surface area contributed by atoms with Gasteiger partial charge in [-0.2, -0.15) is 0 Å². The number of hydrogen-bond donors (Lipinski definition) is 0. The normalized spacial score (nSPS) is 42.0. The summed E-state index contributed by atoms with van der Waals surface area (Å²) in [5.41, 5.74) is 0. The van der Waals surface area contributed by atoms with Crippen LogP contribution in [0.2, 0.25) is 0 Å². The fourth-order valence-electron chi connectivity index (χ4n) is 1.33. The second-order valence-corrected chi connectivity index (χ2v) is 2.89. The van der Waals surface area contributed by atoms with Crippen LogP contribution in [0.1, 0.15) is 33.1 Å². The van der Waals surface area contributed by atoms with Crippen molar-refractivity contribution in [3.8, 4) is 0 Å². The molecule has 0 saturated heterocycles. The predicted octanol–water partition coefficient (Wildman–Crippen LogP) is 2.44. The molecule has 0 amide bonds. The molecule has 1 aliphatic carbocycles. The summed E-state index contributed by atoms with van der Waals surface area (Å²) >= 11 is 0. The largest absolute Gasteiger partial charge is 0.0623 e. The zero-order valence-electron chi connectivity index (χ0n) is 5.28. The minimum absolute atomic E-state index is 1.01. The van der Waals surface area contributed by atoms with Crippen molar-refractivity contribution in [3.63, 3.8) is 0 Å². The van der Waals surface area contributed by atoms with Crippen molar-refractivity contribution in [1.82, 2.24) is 0 Å². The van der Waals surface area contributed by atoms with Gasteiger partial charge >= 0.3 is 0 Å². The van der Waals surface area contributed by atoms with Gasteiger partial charge in [0.25, 0.3) is 0 Å². The van der Waals surface area contributed by atoms with Gasteiger partial charge in [-0.05, 0) is 11.8 Å². The highest BCUT2D eigenvalue weighted by Gasteiger charge is 2.17. The van der Waals surface area contributed by atoms with Crippen LogP contribution >= 0.6 is 0 Å². The molecule has 0 bridgehead atoms. The molecular formula is C7H14. The lowest BCUT2D eigenvalue weighted by Gasteiger charge is -2.05. The molecular weight excluding hydrogens is 84.1 g/mol. The third kappa shape index (κ3) is 0.960. The zero-order chi connectivity index (χ0) is 5.28. The molecule has 1 saturated carbocycles. The van der Waals surface area contributed by atoms with Crippen LogP contribution in [0.3, 0.4) is 0 Å². The molecule has 0 aromatic carbocycles. The average molecular weight is 98.2 g/mol. The summed E-state index contributed by atoms with van der Waals surface area (Å²) in [7, 11) is 0. The second kappa shape index (κ2) is 1.85. The van der Waals surface area contributed by atoms with Crippen LogP contribution in [0.4, 0.5) is 0 Å². The fraction of sp³-hybridized carbons (Fsp3) is 1.00. The highest BCUT2D eigenvalue weighted by Crippen LogP contribution is 2.29. The van der Waals surface area contributed by atoms with E-state index in [1.807, 2.05) is 0 Å². The predicted molar refractivity (Wildman–Crippen MR) is 32.2 cm³/mol. The van der Waals surface area contributed by atoms with Crippen molar-refractivity contribution >= 4 is 0 Å². The van der Waals surface area contributed by atoms with E-state index >= 15 is 0 Å². The molecule has 0 aliphatic heterocycles. The van der Waals surface area contributed by atoms with E-state index in [1.54, 1.807) is 0 Å². The molecule has 0 aromatic rings. The Bertz CT molecular complexity index is 49.1. The van der Waals surface area contributed by atoms with E-state index in [-0.39, 0.29) is 0 Å². The molecule has 0 radical (unpaired) electrons. The maximum absolute atomic E-state index is 2.36. The summed E-state index contributed by atoms with van der Waals surface area (Å²) in [6.45, 7) is 4.72. The maximum atomic E-state index is 2.36. The lowest BCUT2D eigenvalue weighted by Crippen LogP contribution is -1.95. The average Bonchev–Trinajstić information content (AvgIpc) is 1.91. The Morgan fingerprint density at radius 2 is 1.43 bits per heavy atom. The van der Waals surface area contributed by atoms with Crippen LogP contribution in [0.15, 0.2) is 0 Å². The van der Waals surface area contributed by atoms with E-state index in [2.05, 4.69) is 13.8 Å². The monoisotopic (exact) mass is 98.1 g/mol. The Morgan fingerprint density at radius 1 is 1.00 bits per heavy atom. The van der Waals surface area contributed by atoms with Gasteiger partial charge in [0.2, 0.25) is 0 Å². The highest BCUT2D eigenvalue weighted by molar-refractivity contribution is 4.69. The molecule has 1 rings (SSSR count). The van der Waals surface area contributed by atoms with E-state index in [0.29, 0.717) is 0 Å². The first kappa shape index (κ1) is 5.14. The van der Waals surface area contributed by atoms with Gasteiger partial charge in [-0.1, -0.05) is 33.1 Å². The minimum atomic E-state index is 1.01. The molecule has 1 fully saturated rings. The Morgan fingerprint density at radius 3 is 1.57 bits per heavy atom. The van der Waals surface area contributed by atoms with Crippen molar-refractivity contribution in [2.24, 2.45) is 11.8 Å². The van der Waals surface area contributed by atoms with Gasteiger partial charge in [0.1, 0.15) is 0 Å². The van der Waals surface area contributed by atoms with Crippen molar-refractivity contribution in [1.29, 1.82) is 0 Å². The highest BCUT2D eigenvalue weighted by atomic mass is 14.2. The minimum Gasteiger partial charge on any atom is -0.0623 e. The van der Waals surface area contributed by atoms with E-state index in [9.17, 15) is 0 Å². The van der Waals surface area contributed by atoms with Gasteiger partial charge in [-0.15, -0.1) is 0 Å². The topological polar surface area (TPSA) is 0 Å². The third-order valence-corrected chi connectivity index (χ3v) is 2.29. The van der Waals surface area contributed by atoms with Gasteiger partial charge in [-0.25, -0.2) is 0 Å². The summed E-state index contributed by atoms with van der Waals surface area (Å²) in [5, 5.41) is 0. The molecule has 2 atom stereocenters. The molecule has 7 heavy (non-hydrogen) atoms. The quantitative estimate of drug-likeness (QED) is 0.436. The summed E-state index contributed by atoms with van der Waals surface area (Å²) in [4.78, 5) is 0. The van der Waals surface area contributed by atoms with E-state index in [4.69, 9.17) is 0 Å². The van der Waals surface area contributed by atoms with Crippen LogP contribution in [0.5, 0.6) is 0 Å². The van der Waals surface area contributed by atoms with E-state index in [0.717, 1.165) is 11.8 Å². The van der Waals surface area contributed by atoms with Gasteiger partial charge in [0, 0.05) is 0 Å². The summed E-state index contributed by atoms with van der Waals surface area (Å²) < 4.78 is 0. The molecule has 42 valence electrons. The molecule has 0 heteroatoms. The van der Waals surface area contributed by atoms with Gasteiger partial charge < -0.3 is 0 Å². The van der Waals surface area contributed by atoms with Crippen molar-refractivity contribution in [2.45, 2.75) is 33.1 Å². The number of hydrogen-bond acceptors (Lipinski definition) is 0. The SMILES string of the molecule is CC1CCC[C@@H]1C. The first-order chi connectivity index (χ1) is 3.30. The van der Waals surface area contributed by atoms with Crippen molar-refractivity contribution in [3.05, 3.63) is 0 Å². The summed E-state index contributed by atoms with van der Waals surface area (Å²) in [6.07, 6.45) is 4.42. The standard InChI is InChI=1S/C7H14/c1-6-4-3-5-7(6)2/h6-7H,3-5H2,1-2H3/t6-,7?/m0/s1. The molecule has 0 nitrogen and oxygen atoms in total. The van der Waals surface area contributed by atoms with Crippen LogP contribution in [-0.4, -0.2) is 0 Å². The van der Waals surface area contributed by atoms with Crippen LogP contribution in [0, 0.1) is 11.8 Å². The van der Waals surface area contributed by atoms with E-state index in [1.165, 1.54) is 19.3 Å². The Balaban J connectivity index is 2.33. The van der Waals surface area contributed by atoms with Crippen LogP contribution in [-0.2, 0) is 0 Å². The molecule has 0 heterocycles. The maximum Gasteiger partial charge on any atom is -0.0417 e. The van der Waals surface area contributed by atoms with Crippen LogP contribution < -0.4 is 0 Å². The van der Waals surface area contributed by atoms with Crippen molar-refractivity contribution in [2.75, 3.05) is 0 Å². The van der Waals surface area contributed by atoms with Gasteiger partial charge in [-0.3, -0.25) is 0 Å². The Hall–Kier alpha value is 0. The lowest BCUT2D eigenvalue weighted by atomic mass is 10.0. The Kier molecular flexibility index (Phi) is 1.36. The molecule has 1 unspecified atom stereocenters. The smallest absolute Gasteiger partial charge is 0.0417 e. The molecule has 1 aliphatic rings. The summed E-state index contributed by atoms with van der Waals surface area (Å²) in [6, 6.07) is 0.